The molecule has 1 unspecified atom stereocenters. The number of carbonyl (C=O) groups excluding carboxylic acids is 1. The second-order valence-corrected chi connectivity index (χ2v) is 6.07. The van der Waals surface area contributed by atoms with Gasteiger partial charge in [0.25, 0.3) is 0 Å². The number of Topliss-reactive ketones (excluding diaryl/α,β-unsaturated/α-hetero) is 1. The van der Waals surface area contributed by atoms with Crippen LogP contribution in [0.3, 0.4) is 0 Å². The van der Waals surface area contributed by atoms with Crippen molar-refractivity contribution in [2.75, 3.05) is 40.3 Å². The van der Waals surface area contributed by atoms with Crippen molar-refractivity contribution in [1.82, 2.24) is 9.80 Å². The molecular formula is C15H30N2O2. The third-order valence-corrected chi connectivity index (χ3v) is 4.33. The van der Waals surface area contributed by atoms with E-state index in [-0.39, 0.29) is 5.78 Å². The van der Waals surface area contributed by atoms with Gasteiger partial charge in [-0.2, -0.15) is 0 Å². The normalized spacial score (nSPS) is 21.3. The Bertz CT molecular complexity index is 292. The van der Waals surface area contributed by atoms with Crippen LogP contribution in [-0.4, -0.2) is 67.6 Å². The van der Waals surface area contributed by atoms with E-state index in [1.807, 2.05) is 13.8 Å². The summed E-state index contributed by atoms with van der Waals surface area (Å²) in [6, 6.07) is 0.667. The zero-order valence-corrected chi connectivity index (χ0v) is 13.2. The van der Waals surface area contributed by atoms with Crippen LogP contribution in [0.1, 0.15) is 40.0 Å². The van der Waals surface area contributed by atoms with Crippen LogP contribution in [-0.2, 0) is 9.53 Å². The van der Waals surface area contributed by atoms with Gasteiger partial charge in [0.05, 0.1) is 0 Å². The van der Waals surface area contributed by atoms with Gasteiger partial charge in [-0.1, -0.05) is 6.92 Å². The molecule has 112 valence electrons. The first-order valence-corrected chi connectivity index (χ1v) is 7.41. The number of ketones is 1. The zero-order valence-electron chi connectivity index (χ0n) is 13.2. The quantitative estimate of drug-likeness (QED) is 0.673. The molecule has 0 aromatic heterocycles. The molecule has 1 rings (SSSR count). The Hall–Kier alpha value is -0.450. The average molecular weight is 270 g/mol. The second kappa shape index (κ2) is 7.36. The fourth-order valence-corrected chi connectivity index (χ4v) is 2.68. The Labute approximate surface area is 118 Å². The molecule has 0 amide bonds. The number of methoxy groups -OCH3 is 1. The highest BCUT2D eigenvalue weighted by Gasteiger charge is 2.27. The van der Waals surface area contributed by atoms with E-state index in [2.05, 4.69) is 23.8 Å². The second-order valence-electron chi connectivity index (χ2n) is 6.07. The van der Waals surface area contributed by atoms with Crippen LogP contribution < -0.4 is 0 Å². The molecule has 0 bridgehead atoms. The first kappa shape index (κ1) is 16.6. The van der Waals surface area contributed by atoms with Crippen LogP contribution in [0, 0.1) is 0 Å². The number of likely N-dealkylation sites (tertiary alicyclic amines) is 1. The number of rotatable bonds is 8. The molecule has 0 aliphatic carbocycles. The molecule has 1 aliphatic rings. The Morgan fingerprint density at radius 1 is 1.47 bits per heavy atom. The van der Waals surface area contributed by atoms with Gasteiger partial charge in [-0.05, 0) is 46.8 Å². The van der Waals surface area contributed by atoms with Crippen molar-refractivity contribution in [2.45, 2.75) is 51.7 Å². The SMILES string of the molecule is CCN1CCCC1CN(C)CCC(=O)C(C)(C)OC. The summed E-state index contributed by atoms with van der Waals surface area (Å²) in [5.74, 6) is 0.181. The van der Waals surface area contributed by atoms with E-state index < -0.39 is 5.60 Å². The van der Waals surface area contributed by atoms with Crippen molar-refractivity contribution in [3.05, 3.63) is 0 Å². The van der Waals surface area contributed by atoms with E-state index in [4.69, 9.17) is 4.74 Å². The molecule has 4 heteroatoms. The molecule has 19 heavy (non-hydrogen) atoms. The van der Waals surface area contributed by atoms with Gasteiger partial charge in [-0.15, -0.1) is 0 Å². The smallest absolute Gasteiger partial charge is 0.165 e. The van der Waals surface area contributed by atoms with Crippen LogP contribution in [0.5, 0.6) is 0 Å². The summed E-state index contributed by atoms with van der Waals surface area (Å²) in [6.07, 6.45) is 3.16. The Morgan fingerprint density at radius 2 is 2.16 bits per heavy atom. The lowest BCUT2D eigenvalue weighted by atomic mass is 10.0. The number of carbonyl (C=O) groups is 1. The van der Waals surface area contributed by atoms with E-state index in [1.54, 1.807) is 7.11 Å². The molecule has 0 aromatic rings. The van der Waals surface area contributed by atoms with E-state index in [0.29, 0.717) is 12.5 Å². The number of hydrogen-bond acceptors (Lipinski definition) is 4. The molecule has 0 N–H and O–H groups in total. The molecular weight excluding hydrogens is 240 g/mol. The number of likely N-dealkylation sites (N-methyl/N-ethyl adjacent to an activating group) is 2. The van der Waals surface area contributed by atoms with Crippen molar-refractivity contribution >= 4 is 5.78 Å². The van der Waals surface area contributed by atoms with Crippen molar-refractivity contribution < 1.29 is 9.53 Å². The Morgan fingerprint density at radius 3 is 2.74 bits per heavy atom. The van der Waals surface area contributed by atoms with Gasteiger partial charge < -0.3 is 9.64 Å². The molecule has 1 atom stereocenters. The predicted octanol–water partition coefficient (Wildman–Crippen LogP) is 1.79. The number of hydrogen-bond donors (Lipinski definition) is 0. The zero-order chi connectivity index (χ0) is 14.5. The molecule has 0 saturated carbocycles. The minimum atomic E-state index is -0.649. The van der Waals surface area contributed by atoms with Gasteiger partial charge in [0.1, 0.15) is 5.60 Å². The topological polar surface area (TPSA) is 32.8 Å². The average Bonchev–Trinajstić information content (AvgIpc) is 2.82. The number of ether oxygens (including phenoxy) is 1. The van der Waals surface area contributed by atoms with Crippen LogP contribution >= 0.6 is 0 Å². The van der Waals surface area contributed by atoms with Gasteiger partial charge in [-0.25, -0.2) is 0 Å². The summed E-state index contributed by atoms with van der Waals surface area (Å²) in [5, 5.41) is 0. The summed E-state index contributed by atoms with van der Waals surface area (Å²) in [4.78, 5) is 16.8. The Kier molecular flexibility index (Phi) is 6.43. The van der Waals surface area contributed by atoms with E-state index in [1.165, 1.54) is 19.4 Å². The summed E-state index contributed by atoms with van der Waals surface area (Å²) >= 11 is 0. The fourth-order valence-electron chi connectivity index (χ4n) is 2.68. The van der Waals surface area contributed by atoms with E-state index in [9.17, 15) is 4.79 Å². The maximum Gasteiger partial charge on any atom is 0.165 e. The molecule has 0 spiro atoms. The minimum absolute atomic E-state index is 0.181. The summed E-state index contributed by atoms with van der Waals surface area (Å²) in [6.45, 7) is 10.1. The van der Waals surface area contributed by atoms with Crippen LogP contribution in [0.2, 0.25) is 0 Å². The monoisotopic (exact) mass is 270 g/mol. The summed E-state index contributed by atoms with van der Waals surface area (Å²) in [5.41, 5.74) is -0.649. The third kappa shape index (κ3) is 4.86. The standard InChI is InChI=1S/C15H30N2O2/c1-6-17-10-7-8-13(17)12-16(4)11-9-14(18)15(2,3)19-5/h13H,6-12H2,1-5H3. The van der Waals surface area contributed by atoms with Crippen LogP contribution in [0.15, 0.2) is 0 Å². The summed E-state index contributed by atoms with van der Waals surface area (Å²) < 4.78 is 5.22. The van der Waals surface area contributed by atoms with Gasteiger partial charge in [-0.3, -0.25) is 9.69 Å². The van der Waals surface area contributed by atoms with Crippen molar-refractivity contribution in [3.63, 3.8) is 0 Å². The summed E-state index contributed by atoms with van der Waals surface area (Å²) in [7, 11) is 3.71. The third-order valence-electron chi connectivity index (χ3n) is 4.33. The maximum atomic E-state index is 12.0. The van der Waals surface area contributed by atoms with E-state index >= 15 is 0 Å². The van der Waals surface area contributed by atoms with Crippen molar-refractivity contribution in [3.8, 4) is 0 Å². The van der Waals surface area contributed by atoms with E-state index in [0.717, 1.165) is 19.6 Å². The minimum Gasteiger partial charge on any atom is -0.371 e. The lowest BCUT2D eigenvalue weighted by Crippen LogP contribution is -2.41. The molecule has 1 heterocycles. The highest BCUT2D eigenvalue weighted by atomic mass is 16.5. The molecule has 0 aromatic carbocycles. The molecule has 4 nitrogen and oxygen atoms in total. The molecule has 0 radical (unpaired) electrons. The first-order valence-electron chi connectivity index (χ1n) is 7.41. The predicted molar refractivity (Wildman–Crippen MR) is 78.5 cm³/mol. The lowest BCUT2D eigenvalue weighted by molar-refractivity contribution is -0.137. The number of nitrogens with zero attached hydrogens (tertiary/aromatic N) is 2. The lowest BCUT2D eigenvalue weighted by Gasteiger charge is -2.28. The highest BCUT2D eigenvalue weighted by molar-refractivity contribution is 5.86. The first-order chi connectivity index (χ1) is 8.90. The van der Waals surface area contributed by atoms with Gasteiger partial charge >= 0.3 is 0 Å². The largest absolute Gasteiger partial charge is 0.371 e. The maximum absolute atomic E-state index is 12.0. The fraction of sp³-hybridized carbons (Fsp3) is 0.933. The highest BCUT2D eigenvalue weighted by Crippen LogP contribution is 2.17. The van der Waals surface area contributed by atoms with Crippen molar-refractivity contribution in [1.29, 1.82) is 0 Å². The molecule has 1 fully saturated rings. The Balaban J connectivity index is 2.32. The molecule has 1 saturated heterocycles. The molecule has 1 aliphatic heterocycles. The van der Waals surface area contributed by atoms with Crippen LogP contribution in [0.25, 0.3) is 0 Å². The van der Waals surface area contributed by atoms with Crippen molar-refractivity contribution in [2.24, 2.45) is 0 Å². The van der Waals surface area contributed by atoms with Crippen LogP contribution in [0.4, 0.5) is 0 Å². The van der Waals surface area contributed by atoms with Gasteiger partial charge in [0.2, 0.25) is 0 Å². The van der Waals surface area contributed by atoms with Gasteiger partial charge in [0, 0.05) is 32.7 Å². The van der Waals surface area contributed by atoms with Gasteiger partial charge in [0.15, 0.2) is 5.78 Å².